The molecule has 0 radical (unpaired) electrons. The van der Waals surface area contributed by atoms with Crippen molar-refractivity contribution in [3.8, 4) is 5.75 Å². The molecular weight excluding hydrogens is 270 g/mol. The zero-order chi connectivity index (χ0) is 15.2. The average Bonchev–Trinajstić information content (AvgIpc) is 2.48. The number of phenolic OH excluding ortho intramolecular Hbond substituents is 1. The van der Waals surface area contributed by atoms with E-state index >= 15 is 0 Å². The summed E-state index contributed by atoms with van der Waals surface area (Å²) in [5.41, 5.74) is 0.327. The van der Waals surface area contributed by atoms with Gasteiger partial charge in [-0.3, -0.25) is 4.79 Å². The van der Waals surface area contributed by atoms with Crippen molar-refractivity contribution < 1.29 is 14.7 Å². The van der Waals surface area contributed by atoms with Gasteiger partial charge in [0.2, 0.25) is 0 Å². The maximum atomic E-state index is 12.3. The molecule has 3 N–H and O–H groups in total. The first kappa shape index (κ1) is 15.2. The molecule has 1 aromatic rings. The third kappa shape index (κ3) is 3.87. The Morgan fingerprint density at radius 3 is 2.57 bits per heavy atom. The Balaban J connectivity index is 1.88. The second-order valence-electron chi connectivity index (χ2n) is 5.09. The smallest absolute Gasteiger partial charge is 0.314 e. The summed E-state index contributed by atoms with van der Waals surface area (Å²) < 4.78 is 0. The lowest BCUT2D eigenvalue weighted by molar-refractivity contribution is 0.0705. The average molecular weight is 291 g/mol. The molecule has 2 rings (SSSR count). The number of carbonyl (C=O) groups excluding carboxylic acids is 2. The molecule has 1 aromatic carbocycles. The minimum Gasteiger partial charge on any atom is -0.507 e. The van der Waals surface area contributed by atoms with E-state index < -0.39 is 0 Å². The van der Waals surface area contributed by atoms with Gasteiger partial charge in [0.1, 0.15) is 5.75 Å². The van der Waals surface area contributed by atoms with Crippen LogP contribution in [-0.2, 0) is 0 Å². The Morgan fingerprint density at radius 1 is 1.29 bits per heavy atom. The van der Waals surface area contributed by atoms with Crippen molar-refractivity contribution in [2.75, 3.05) is 19.6 Å². The molecule has 21 heavy (non-hydrogen) atoms. The van der Waals surface area contributed by atoms with E-state index in [1.54, 1.807) is 23.1 Å². The third-order valence-corrected chi connectivity index (χ3v) is 3.59. The van der Waals surface area contributed by atoms with Crippen LogP contribution in [0.25, 0.3) is 0 Å². The highest BCUT2D eigenvalue weighted by molar-refractivity contribution is 5.96. The van der Waals surface area contributed by atoms with E-state index in [-0.39, 0.29) is 23.7 Å². The van der Waals surface area contributed by atoms with Gasteiger partial charge in [-0.2, -0.15) is 0 Å². The topological polar surface area (TPSA) is 81.7 Å². The third-order valence-electron chi connectivity index (χ3n) is 3.59. The van der Waals surface area contributed by atoms with Crippen molar-refractivity contribution >= 4 is 11.9 Å². The Morgan fingerprint density at radius 2 is 1.95 bits per heavy atom. The highest BCUT2D eigenvalue weighted by Crippen LogP contribution is 2.20. The highest BCUT2D eigenvalue weighted by Gasteiger charge is 2.25. The number of benzene rings is 1. The molecule has 114 valence electrons. The molecule has 0 bridgehead atoms. The van der Waals surface area contributed by atoms with Crippen molar-refractivity contribution in [3.63, 3.8) is 0 Å². The normalized spacial score (nSPS) is 15.6. The van der Waals surface area contributed by atoms with Gasteiger partial charge in [0.15, 0.2) is 0 Å². The largest absolute Gasteiger partial charge is 0.507 e. The molecule has 1 aliphatic rings. The number of aromatic hydroxyl groups is 1. The lowest BCUT2D eigenvalue weighted by atomic mass is 10.0. The van der Waals surface area contributed by atoms with Crippen LogP contribution in [0.4, 0.5) is 4.79 Å². The monoisotopic (exact) mass is 291 g/mol. The molecule has 0 aliphatic carbocycles. The van der Waals surface area contributed by atoms with Gasteiger partial charge in [-0.05, 0) is 31.9 Å². The minimum atomic E-state index is -0.164. The maximum absolute atomic E-state index is 12.3. The van der Waals surface area contributed by atoms with Crippen LogP contribution < -0.4 is 10.6 Å². The van der Waals surface area contributed by atoms with Gasteiger partial charge >= 0.3 is 6.03 Å². The number of para-hydroxylation sites is 1. The van der Waals surface area contributed by atoms with Gasteiger partial charge in [0.25, 0.3) is 5.91 Å². The van der Waals surface area contributed by atoms with Crippen molar-refractivity contribution in [1.82, 2.24) is 15.5 Å². The number of rotatable bonds is 3. The van der Waals surface area contributed by atoms with Gasteiger partial charge in [-0.1, -0.05) is 12.1 Å². The van der Waals surface area contributed by atoms with Gasteiger partial charge in [-0.15, -0.1) is 0 Å². The van der Waals surface area contributed by atoms with Gasteiger partial charge in [0, 0.05) is 25.7 Å². The van der Waals surface area contributed by atoms with Crippen LogP contribution in [-0.4, -0.2) is 47.6 Å². The first-order chi connectivity index (χ1) is 10.1. The fourth-order valence-electron chi connectivity index (χ4n) is 2.45. The molecule has 0 atom stereocenters. The Hall–Kier alpha value is -2.24. The summed E-state index contributed by atoms with van der Waals surface area (Å²) in [6.07, 6.45) is 1.44. The summed E-state index contributed by atoms with van der Waals surface area (Å²) >= 11 is 0. The number of nitrogens with zero attached hydrogens (tertiary/aromatic N) is 1. The SMILES string of the molecule is CCNC(=O)NC1CCN(C(=O)c2ccccc2O)CC1. The standard InChI is InChI=1S/C15H21N3O3/c1-2-16-15(21)17-11-7-9-18(10-8-11)14(20)12-5-3-4-6-13(12)19/h3-6,11,19H,2,7-10H2,1H3,(H2,16,17,21). The van der Waals surface area contributed by atoms with Crippen LogP contribution in [0.1, 0.15) is 30.1 Å². The van der Waals surface area contributed by atoms with E-state index in [1.807, 2.05) is 6.92 Å². The highest BCUT2D eigenvalue weighted by atomic mass is 16.3. The molecule has 6 heteroatoms. The number of phenols is 1. The Bertz CT molecular complexity index is 511. The molecule has 0 unspecified atom stereocenters. The van der Waals surface area contributed by atoms with Crippen LogP contribution in [0, 0.1) is 0 Å². The number of amides is 3. The number of hydrogen-bond acceptors (Lipinski definition) is 3. The molecule has 1 saturated heterocycles. The van der Waals surface area contributed by atoms with Crippen LogP contribution in [0.15, 0.2) is 24.3 Å². The quantitative estimate of drug-likeness (QED) is 0.785. The predicted molar refractivity (Wildman–Crippen MR) is 79.2 cm³/mol. The summed E-state index contributed by atoms with van der Waals surface area (Å²) in [5.74, 6) is -0.158. The van der Waals surface area contributed by atoms with E-state index in [0.29, 0.717) is 25.2 Å². The molecule has 6 nitrogen and oxygen atoms in total. The summed E-state index contributed by atoms with van der Waals surface area (Å²) in [6.45, 7) is 3.61. The van der Waals surface area contributed by atoms with Gasteiger partial charge < -0.3 is 20.6 Å². The molecule has 1 heterocycles. The van der Waals surface area contributed by atoms with E-state index in [4.69, 9.17) is 0 Å². The fraction of sp³-hybridized carbons (Fsp3) is 0.467. The van der Waals surface area contributed by atoms with Crippen LogP contribution >= 0.6 is 0 Å². The number of likely N-dealkylation sites (tertiary alicyclic amines) is 1. The first-order valence-corrected chi connectivity index (χ1v) is 7.23. The van der Waals surface area contributed by atoms with Crippen molar-refractivity contribution in [2.24, 2.45) is 0 Å². The molecule has 0 aromatic heterocycles. The second-order valence-corrected chi connectivity index (χ2v) is 5.09. The Kier molecular flexibility index (Phi) is 5.03. The zero-order valence-corrected chi connectivity index (χ0v) is 12.1. The van der Waals surface area contributed by atoms with Gasteiger partial charge in [0.05, 0.1) is 5.56 Å². The summed E-state index contributed by atoms with van der Waals surface area (Å²) in [6, 6.07) is 6.48. The molecule has 0 spiro atoms. The molecular formula is C15H21N3O3. The lowest BCUT2D eigenvalue weighted by Gasteiger charge is -2.32. The van der Waals surface area contributed by atoms with Crippen LogP contribution in [0.5, 0.6) is 5.75 Å². The van der Waals surface area contributed by atoms with E-state index in [0.717, 1.165) is 12.8 Å². The maximum Gasteiger partial charge on any atom is 0.314 e. The summed E-state index contributed by atoms with van der Waals surface area (Å²) in [7, 11) is 0. The van der Waals surface area contributed by atoms with Crippen LogP contribution in [0.2, 0.25) is 0 Å². The summed E-state index contributed by atoms with van der Waals surface area (Å²) in [5, 5.41) is 15.3. The van der Waals surface area contributed by atoms with Crippen molar-refractivity contribution in [1.29, 1.82) is 0 Å². The summed E-state index contributed by atoms with van der Waals surface area (Å²) in [4.78, 5) is 25.5. The van der Waals surface area contributed by atoms with E-state index in [2.05, 4.69) is 10.6 Å². The number of nitrogens with one attached hydrogen (secondary N) is 2. The number of hydrogen-bond donors (Lipinski definition) is 3. The number of urea groups is 1. The predicted octanol–water partition coefficient (Wildman–Crippen LogP) is 1.32. The number of piperidine rings is 1. The number of carbonyl (C=O) groups is 2. The molecule has 0 saturated carbocycles. The molecule has 3 amide bonds. The van der Waals surface area contributed by atoms with Crippen molar-refractivity contribution in [3.05, 3.63) is 29.8 Å². The fourth-order valence-corrected chi connectivity index (χ4v) is 2.45. The zero-order valence-electron chi connectivity index (χ0n) is 12.1. The van der Waals surface area contributed by atoms with E-state index in [1.165, 1.54) is 6.07 Å². The lowest BCUT2D eigenvalue weighted by Crippen LogP contribution is -2.49. The van der Waals surface area contributed by atoms with Crippen LogP contribution in [0.3, 0.4) is 0 Å². The molecule has 1 aliphatic heterocycles. The minimum absolute atomic E-state index is 0.00470. The van der Waals surface area contributed by atoms with E-state index in [9.17, 15) is 14.7 Å². The second kappa shape index (κ2) is 6.97. The Labute approximate surface area is 124 Å². The van der Waals surface area contributed by atoms with Crippen molar-refractivity contribution in [2.45, 2.75) is 25.8 Å². The van der Waals surface area contributed by atoms with Gasteiger partial charge in [-0.25, -0.2) is 4.79 Å². The first-order valence-electron chi connectivity index (χ1n) is 7.23. The molecule has 1 fully saturated rings.